The first-order valence-corrected chi connectivity index (χ1v) is 29.0. The molecule has 0 unspecified atom stereocenters. The molecule has 3 nitrogen and oxygen atoms in total. The van der Waals surface area contributed by atoms with Crippen molar-refractivity contribution >= 4 is 11.4 Å². The molecule has 0 atom stereocenters. The third-order valence-corrected chi connectivity index (χ3v) is 14.3. The van der Waals surface area contributed by atoms with Gasteiger partial charge in [-0.05, 0) is 61.1 Å². The lowest BCUT2D eigenvalue weighted by Crippen LogP contribution is -2.26. The first kappa shape index (κ1) is 58.1. The summed E-state index contributed by atoms with van der Waals surface area (Å²) in [6, 6.07) is 17.9. The Morgan fingerprint density at radius 2 is 0.438 bits per heavy atom. The molecule has 2 aromatic rings. The smallest absolute Gasteiger partial charge is 0.104 e. The van der Waals surface area contributed by atoms with Crippen LogP contribution in [0.2, 0.25) is 0 Å². The molecule has 0 fully saturated rings. The standard InChI is InChI=1S/C61H110N2O/c1-5-9-13-17-21-25-29-33-37-41-53-62(54-42-38-34-30-26-22-18-14-10-6-2)59-49-45-57(46-50-59)61(64)58-47-51-60(52-48-58)63(55-43-39-35-31-27-23-19-15-11-7-3)56-44-40-36-32-28-24-20-16-12-8-4/h45-52,61,64H,5-44,53-56H2,1-4H3. The number of benzene rings is 2. The van der Waals surface area contributed by atoms with E-state index >= 15 is 0 Å². The van der Waals surface area contributed by atoms with Crippen molar-refractivity contribution in [1.29, 1.82) is 0 Å². The molecule has 0 saturated carbocycles. The Labute approximate surface area is 401 Å². The molecule has 0 aliphatic rings. The monoisotopic (exact) mass is 887 g/mol. The molecular weight excluding hydrogens is 777 g/mol. The summed E-state index contributed by atoms with van der Waals surface area (Å²) < 4.78 is 0. The van der Waals surface area contributed by atoms with E-state index in [4.69, 9.17) is 0 Å². The number of anilines is 2. The average Bonchev–Trinajstić information content (AvgIpc) is 3.32. The minimum absolute atomic E-state index is 0.599. The van der Waals surface area contributed by atoms with Gasteiger partial charge in [0, 0.05) is 37.6 Å². The normalized spacial score (nSPS) is 11.6. The van der Waals surface area contributed by atoms with Crippen LogP contribution in [0.1, 0.15) is 302 Å². The summed E-state index contributed by atoms with van der Waals surface area (Å²) in [5.41, 5.74) is 4.66. The molecule has 0 saturated heterocycles. The lowest BCUT2D eigenvalue weighted by molar-refractivity contribution is 0.220. The summed E-state index contributed by atoms with van der Waals surface area (Å²) in [7, 11) is 0. The van der Waals surface area contributed by atoms with Crippen molar-refractivity contribution < 1.29 is 5.11 Å². The summed E-state index contributed by atoms with van der Waals surface area (Å²) in [4.78, 5) is 5.30. The molecule has 0 heterocycles. The van der Waals surface area contributed by atoms with Crippen molar-refractivity contribution in [1.82, 2.24) is 0 Å². The predicted octanol–water partition coefficient (Wildman–Crippen LogP) is 20.1. The highest BCUT2D eigenvalue weighted by Gasteiger charge is 2.14. The predicted molar refractivity (Wildman–Crippen MR) is 289 cm³/mol. The molecular formula is C61H110N2O. The minimum Gasteiger partial charge on any atom is -0.384 e. The maximum atomic E-state index is 11.6. The Kier molecular flexibility index (Phi) is 39.6. The Hall–Kier alpha value is -2.00. The lowest BCUT2D eigenvalue weighted by atomic mass is 10.0. The summed E-state index contributed by atoms with van der Waals surface area (Å²) in [6.07, 6.45) is 54.6. The van der Waals surface area contributed by atoms with Crippen LogP contribution in [0.25, 0.3) is 0 Å². The molecule has 0 bridgehead atoms. The zero-order chi connectivity index (χ0) is 45.8. The molecule has 2 rings (SSSR count). The molecule has 64 heavy (non-hydrogen) atoms. The third kappa shape index (κ3) is 31.1. The van der Waals surface area contributed by atoms with Crippen molar-refractivity contribution in [3.63, 3.8) is 0 Å². The molecule has 0 spiro atoms. The van der Waals surface area contributed by atoms with Crippen LogP contribution in [0.5, 0.6) is 0 Å². The van der Waals surface area contributed by atoms with E-state index in [1.165, 1.54) is 268 Å². The molecule has 370 valence electrons. The van der Waals surface area contributed by atoms with Crippen LogP contribution >= 0.6 is 0 Å². The minimum atomic E-state index is -0.599. The molecule has 3 heteroatoms. The van der Waals surface area contributed by atoms with Gasteiger partial charge in [0.2, 0.25) is 0 Å². The molecule has 1 N–H and O–H groups in total. The van der Waals surface area contributed by atoms with E-state index < -0.39 is 6.10 Å². The highest BCUT2D eigenvalue weighted by molar-refractivity contribution is 5.51. The van der Waals surface area contributed by atoms with Crippen LogP contribution < -0.4 is 9.80 Å². The van der Waals surface area contributed by atoms with Crippen LogP contribution in [-0.2, 0) is 0 Å². The van der Waals surface area contributed by atoms with E-state index in [0.717, 1.165) is 37.3 Å². The van der Waals surface area contributed by atoms with Gasteiger partial charge in [0.05, 0.1) is 0 Å². The zero-order valence-electron chi connectivity index (χ0n) is 43.7. The van der Waals surface area contributed by atoms with Gasteiger partial charge in [-0.1, -0.05) is 283 Å². The van der Waals surface area contributed by atoms with Crippen molar-refractivity contribution in [3.8, 4) is 0 Å². The summed E-state index contributed by atoms with van der Waals surface area (Å²) in [5, 5.41) is 11.6. The SMILES string of the molecule is CCCCCCCCCCCCN(CCCCCCCCCCCC)c1ccc(C(O)c2ccc(N(CCCCCCCCCCCC)CCCCCCCCCCCC)cc2)cc1. The Morgan fingerprint density at radius 1 is 0.266 bits per heavy atom. The van der Waals surface area contributed by atoms with Gasteiger partial charge in [-0.2, -0.15) is 0 Å². The molecule has 0 radical (unpaired) electrons. The van der Waals surface area contributed by atoms with E-state index in [1.54, 1.807) is 0 Å². The average molecular weight is 888 g/mol. The van der Waals surface area contributed by atoms with Crippen molar-refractivity contribution in [2.75, 3.05) is 36.0 Å². The Morgan fingerprint density at radius 3 is 0.625 bits per heavy atom. The molecule has 0 aliphatic heterocycles. The number of aliphatic hydroxyl groups is 1. The van der Waals surface area contributed by atoms with Crippen LogP contribution in [0, 0.1) is 0 Å². The zero-order valence-corrected chi connectivity index (χ0v) is 43.7. The lowest BCUT2D eigenvalue weighted by Gasteiger charge is -2.26. The van der Waals surface area contributed by atoms with E-state index in [9.17, 15) is 5.11 Å². The van der Waals surface area contributed by atoms with Gasteiger partial charge in [-0.3, -0.25) is 0 Å². The fraction of sp³-hybridized carbons (Fsp3) is 0.803. The van der Waals surface area contributed by atoms with E-state index in [-0.39, 0.29) is 0 Å². The topological polar surface area (TPSA) is 26.7 Å². The number of aliphatic hydroxyl groups excluding tert-OH is 1. The van der Waals surface area contributed by atoms with Gasteiger partial charge < -0.3 is 14.9 Å². The fourth-order valence-electron chi connectivity index (χ4n) is 9.83. The largest absolute Gasteiger partial charge is 0.384 e. The molecule has 0 aliphatic carbocycles. The molecule has 2 aromatic carbocycles. The molecule has 0 amide bonds. The summed E-state index contributed by atoms with van der Waals surface area (Å²) in [6.45, 7) is 13.8. The third-order valence-electron chi connectivity index (χ3n) is 14.3. The quantitative estimate of drug-likeness (QED) is 0.0671. The number of rotatable bonds is 48. The fourth-order valence-corrected chi connectivity index (χ4v) is 9.83. The Bertz CT molecular complexity index is 1080. The van der Waals surface area contributed by atoms with Gasteiger partial charge in [0.25, 0.3) is 0 Å². The van der Waals surface area contributed by atoms with Crippen molar-refractivity contribution in [3.05, 3.63) is 59.7 Å². The van der Waals surface area contributed by atoms with Gasteiger partial charge in [-0.15, -0.1) is 0 Å². The first-order valence-electron chi connectivity index (χ1n) is 29.0. The highest BCUT2D eigenvalue weighted by atomic mass is 16.3. The second-order valence-corrected chi connectivity index (χ2v) is 20.3. The number of nitrogens with zero attached hydrogens (tertiary/aromatic N) is 2. The summed E-state index contributed by atoms with van der Waals surface area (Å²) in [5.74, 6) is 0. The maximum Gasteiger partial charge on any atom is 0.104 e. The summed E-state index contributed by atoms with van der Waals surface area (Å²) >= 11 is 0. The van der Waals surface area contributed by atoms with Crippen LogP contribution in [-0.4, -0.2) is 31.3 Å². The maximum absolute atomic E-state index is 11.6. The van der Waals surface area contributed by atoms with E-state index in [0.29, 0.717) is 0 Å². The van der Waals surface area contributed by atoms with E-state index in [2.05, 4.69) is 86.0 Å². The number of hydrogen-bond donors (Lipinski definition) is 1. The highest BCUT2D eigenvalue weighted by Crippen LogP contribution is 2.28. The van der Waals surface area contributed by atoms with Crippen LogP contribution in [0.4, 0.5) is 11.4 Å². The van der Waals surface area contributed by atoms with Crippen LogP contribution in [0.15, 0.2) is 48.5 Å². The van der Waals surface area contributed by atoms with Crippen molar-refractivity contribution in [2.24, 2.45) is 0 Å². The van der Waals surface area contributed by atoms with Gasteiger partial charge in [0.1, 0.15) is 6.10 Å². The second kappa shape index (κ2) is 43.6. The first-order chi connectivity index (χ1) is 31.6. The number of unbranched alkanes of at least 4 members (excludes halogenated alkanes) is 36. The Balaban J connectivity index is 1.95. The molecule has 0 aromatic heterocycles. The van der Waals surface area contributed by atoms with Gasteiger partial charge in [-0.25, -0.2) is 0 Å². The van der Waals surface area contributed by atoms with Crippen LogP contribution in [0.3, 0.4) is 0 Å². The van der Waals surface area contributed by atoms with E-state index in [1.807, 2.05) is 0 Å². The van der Waals surface area contributed by atoms with Gasteiger partial charge in [0.15, 0.2) is 0 Å². The van der Waals surface area contributed by atoms with Crippen molar-refractivity contribution in [2.45, 2.75) is 291 Å². The number of hydrogen-bond acceptors (Lipinski definition) is 3. The van der Waals surface area contributed by atoms with Gasteiger partial charge >= 0.3 is 0 Å². The second-order valence-electron chi connectivity index (χ2n) is 20.3.